The van der Waals surface area contributed by atoms with Gasteiger partial charge in [0, 0.05) is 18.7 Å². The molecule has 1 aromatic heterocycles. The third-order valence-electron chi connectivity index (χ3n) is 3.83. The van der Waals surface area contributed by atoms with Crippen LogP contribution in [0.2, 0.25) is 0 Å². The highest BCUT2D eigenvalue weighted by molar-refractivity contribution is 6.04. The number of aromatic nitrogens is 2. The van der Waals surface area contributed by atoms with Crippen molar-refractivity contribution >= 4 is 11.7 Å². The van der Waals surface area contributed by atoms with Gasteiger partial charge in [-0.2, -0.15) is 5.10 Å². The summed E-state index contributed by atoms with van der Waals surface area (Å²) >= 11 is 0. The van der Waals surface area contributed by atoms with Gasteiger partial charge in [-0.05, 0) is 37.6 Å². The maximum Gasteiger partial charge on any atom is 0.256 e. The first-order valence-corrected chi connectivity index (χ1v) is 8.11. The molecule has 25 heavy (non-hydrogen) atoms. The third kappa shape index (κ3) is 4.26. The normalized spacial score (nSPS) is 10.5. The van der Waals surface area contributed by atoms with Crippen molar-refractivity contribution in [2.45, 2.75) is 20.5 Å². The molecule has 128 valence electrons. The zero-order chi connectivity index (χ0) is 17.8. The van der Waals surface area contributed by atoms with Crippen molar-refractivity contribution in [1.82, 2.24) is 9.78 Å². The van der Waals surface area contributed by atoms with Crippen LogP contribution in [0.3, 0.4) is 0 Å². The topological polar surface area (TPSA) is 56.1 Å². The molecule has 1 heterocycles. The van der Waals surface area contributed by atoms with Crippen LogP contribution in [0.1, 0.15) is 27.2 Å². The molecule has 3 aromatic rings. The van der Waals surface area contributed by atoms with Gasteiger partial charge in [0.1, 0.15) is 18.2 Å². The first kappa shape index (κ1) is 16.8. The Morgan fingerprint density at radius 3 is 2.64 bits per heavy atom. The SMILES string of the molecule is Cc1cccc(COc2cccc(C(=O)Nc3cc(C)nn3C)c2)c1. The Bertz CT molecular complexity index is 899. The fourth-order valence-electron chi connectivity index (χ4n) is 2.61. The standard InChI is InChI=1S/C20H21N3O2/c1-14-6-4-7-16(10-14)13-25-18-9-5-8-17(12-18)20(24)21-19-11-15(2)22-23(19)3/h4-12H,13H2,1-3H3,(H,21,24). The highest BCUT2D eigenvalue weighted by Gasteiger charge is 2.10. The minimum Gasteiger partial charge on any atom is -0.489 e. The average Bonchev–Trinajstić information content (AvgIpc) is 2.90. The van der Waals surface area contributed by atoms with Gasteiger partial charge in [0.25, 0.3) is 5.91 Å². The highest BCUT2D eigenvalue weighted by Crippen LogP contribution is 2.17. The molecule has 0 saturated carbocycles. The number of hydrogen-bond acceptors (Lipinski definition) is 3. The molecule has 0 aliphatic carbocycles. The zero-order valence-corrected chi connectivity index (χ0v) is 14.6. The molecule has 0 aliphatic rings. The van der Waals surface area contributed by atoms with Gasteiger partial charge in [-0.3, -0.25) is 9.48 Å². The van der Waals surface area contributed by atoms with Crippen LogP contribution in [0.15, 0.2) is 54.6 Å². The summed E-state index contributed by atoms with van der Waals surface area (Å²) in [6.07, 6.45) is 0. The van der Waals surface area contributed by atoms with Crippen LogP contribution >= 0.6 is 0 Å². The quantitative estimate of drug-likeness (QED) is 0.770. The molecule has 3 rings (SSSR count). The Kier molecular flexibility index (Phi) is 4.84. The number of carbonyl (C=O) groups is 1. The smallest absolute Gasteiger partial charge is 0.256 e. The van der Waals surface area contributed by atoms with Gasteiger partial charge in [-0.15, -0.1) is 0 Å². The number of rotatable bonds is 5. The van der Waals surface area contributed by atoms with Gasteiger partial charge < -0.3 is 10.1 Å². The van der Waals surface area contributed by atoms with E-state index in [1.807, 2.05) is 37.3 Å². The van der Waals surface area contributed by atoms with Gasteiger partial charge in [-0.1, -0.05) is 35.9 Å². The van der Waals surface area contributed by atoms with E-state index in [9.17, 15) is 4.79 Å². The Balaban J connectivity index is 1.68. The van der Waals surface area contributed by atoms with Crippen LogP contribution in [0.25, 0.3) is 0 Å². The molecular weight excluding hydrogens is 314 g/mol. The Morgan fingerprint density at radius 1 is 1.12 bits per heavy atom. The number of carbonyl (C=O) groups excluding carboxylic acids is 1. The van der Waals surface area contributed by atoms with Gasteiger partial charge in [0.15, 0.2) is 0 Å². The molecule has 1 N–H and O–H groups in total. The second kappa shape index (κ2) is 7.21. The maximum absolute atomic E-state index is 12.4. The summed E-state index contributed by atoms with van der Waals surface area (Å²) in [5.74, 6) is 1.13. The summed E-state index contributed by atoms with van der Waals surface area (Å²) in [5.41, 5.74) is 3.69. The van der Waals surface area contributed by atoms with Crippen LogP contribution in [0.4, 0.5) is 5.82 Å². The molecule has 0 saturated heterocycles. The molecule has 2 aromatic carbocycles. The largest absolute Gasteiger partial charge is 0.489 e. The Hall–Kier alpha value is -3.08. The average molecular weight is 335 g/mol. The maximum atomic E-state index is 12.4. The van der Waals surface area contributed by atoms with Crippen molar-refractivity contribution < 1.29 is 9.53 Å². The number of amides is 1. The number of benzene rings is 2. The van der Waals surface area contributed by atoms with Gasteiger partial charge >= 0.3 is 0 Å². The van der Waals surface area contributed by atoms with Gasteiger partial charge in [-0.25, -0.2) is 0 Å². The summed E-state index contributed by atoms with van der Waals surface area (Å²) in [4.78, 5) is 12.4. The first-order valence-electron chi connectivity index (χ1n) is 8.11. The van der Waals surface area contributed by atoms with E-state index in [-0.39, 0.29) is 5.91 Å². The lowest BCUT2D eigenvalue weighted by Crippen LogP contribution is -2.14. The molecule has 5 nitrogen and oxygen atoms in total. The molecule has 0 atom stereocenters. The minimum absolute atomic E-state index is 0.191. The van der Waals surface area contributed by atoms with E-state index in [1.54, 1.807) is 23.9 Å². The van der Waals surface area contributed by atoms with Crippen LogP contribution in [-0.4, -0.2) is 15.7 Å². The second-order valence-corrected chi connectivity index (χ2v) is 6.05. The fraction of sp³-hybridized carbons (Fsp3) is 0.200. The number of hydrogen-bond donors (Lipinski definition) is 1. The number of nitrogens with one attached hydrogen (secondary N) is 1. The molecule has 1 amide bonds. The van der Waals surface area contributed by atoms with Crippen molar-refractivity contribution in [3.63, 3.8) is 0 Å². The van der Waals surface area contributed by atoms with Crippen molar-refractivity contribution in [3.05, 3.63) is 77.0 Å². The molecule has 0 aliphatic heterocycles. The summed E-state index contributed by atoms with van der Waals surface area (Å²) in [6, 6.07) is 17.2. The molecule has 0 fully saturated rings. The van der Waals surface area contributed by atoms with E-state index in [4.69, 9.17) is 4.74 Å². The van der Waals surface area contributed by atoms with E-state index >= 15 is 0 Å². The minimum atomic E-state index is -0.191. The lowest BCUT2D eigenvalue weighted by molar-refractivity contribution is 0.102. The molecule has 0 spiro atoms. The summed E-state index contributed by atoms with van der Waals surface area (Å²) < 4.78 is 7.46. The summed E-state index contributed by atoms with van der Waals surface area (Å²) in [6.45, 7) is 4.40. The van der Waals surface area contributed by atoms with E-state index in [1.165, 1.54) is 5.56 Å². The Morgan fingerprint density at radius 2 is 1.92 bits per heavy atom. The molecule has 0 bridgehead atoms. The van der Waals surface area contributed by atoms with E-state index < -0.39 is 0 Å². The predicted octanol–water partition coefficient (Wildman–Crippen LogP) is 3.87. The molecule has 0 radical (unpaired) electrons. The lowest BCUT2D eigenvalue weighted by Gasteiger charge is -2.09. The van der Waals surface area contributed by atoms with Gasteiger partial charge in [0.05, 0.1) is 5.69 Å². The Labute approximate surface area is 147 Å². The molecule has 5 heteroatoms. The predicted molar refractivity (Wildman–Crippen MR) is 97.9 cm³/mol. The molecule has 0 unspecified atom stereocenters. The van der Waals surface area contributed by atoms with Crippen molar-refractivity contribution in [2.24, 2.45) is 7.05 Å². The number of ether oxygens (including phenoxy) is 1. The lowest BCUT2D eigenvalue weighted by atomic mass is 10.1. The second-order valence-electron chi connectivity index (χ2n) is 6.05. The zero-order valence-electron chi connectivity index (χ0n) is 14.6. The number of anilines is 1. The van der Waals surface area contributed by atoms with E-state index in [2.05, 4.69) is 29.5 Å². The highest BCUT2D eigenvalue weighted by atomic mass is 16.5. The monoisotopic (exact) mass is 335 g/mol. The summed E-state index contributed by atoms with van der Waals surface area (Å²) in [7, 11) is 1.80. The van der Waals surface area contributed by atoms with Gasteiger partial charge in [0.2, 0.25) is 0 Å². The number of nitrogens with zero attached hydrogens (tertiary/aromatic N) is 2. The van der Waals surface area contributed by atoms with Crippen LogP contribution in [-0.2, 0) is 13.7 Å². The summed E-state index contributed by atoms with van der Waals surface area (Å²) in [5, 5.41) is 7.08. The number of aryl methyl sites for hydroxylation is 3. The van der Waals surface area contributed by atoms with E-state index in [0.717, 1.165) is 11.3 Å². The van der Waals surface area contributed by atoms with Crippen molar-refractivity contribution in [1.29, 1.82) is 0 Å². The van der Waals surface area contributed by atoms with E-state index in [0.29, 0.717) is 23.7 Å². The van der Waals surface area contributed by atoms with Crippen molar-refractivity contribution in [3.8, 4) is 5.75 Å². The first-order chi connectivity index (χ1) is 12.0. The van der Waals surface area contributed by atoms with Crippen LogP contribution < -0.4 is 10.1 Å². The van der Waals surface area contributed by atoms with Crippen LogP contribution in [0, 0.1) is 13.8 Å². The van der Waals surface area contributed by atoms with Crippen molar-refractivity contribution in [2.75, 3.05) is 5.32 Å². The third-order valence-corrected chi connectivity index (χ3v) is 3.83. The van der Waals surface area contributed by atoms with Crippen LogP contribution in [0.5, 0.6) is 5.75 Å². The fourth-order valence-corrected chi connectivity index (χ4v) is 2.61. The molecular formula is C20H21N3O2.